The molecule has 1 aliphatic rings. The summed E-state index contributed by atoms with van der Waals surface area (Å²) in [6.45, 7) is 2.27. The van der Waals surface area contributed by atoms with Crippen molar-refractivity contribution in [2.45, 2.75) is 37.0 Å². The highest BCUT2D eigenvalue weighted by molar-refractivity contribution is 8.00. The zero-order valence-corrected chi connectivity index (χ0v) is 18.4. The highest BCUT2D eigenvalue weighted by Crippen LogP contribution is 2.23. The molecule has 6 nitrogen and oxygen atoms in total. The van der Waals surface area contributed by atoms with E-state index >= 15 is 0 Å². The van der Waals surface area contributed by atoms with E-state index in [0.29, 0.717) is 24.6 Å². The number of carbonyl (C=O) groups excluding carboxylic acids is 2. The van der Waals surface area contributed by atoms with E-state index in [0.717, 1.165) is 49.4 Å². The Morgan fingerprint density at radius 3 is 2.80 bits per heavy atom. The Balaban J connectivity index is 1.37. The third-order valence-corrected chi connectivity index (χ3v) is 6.50. The molecule has 0 spiro atoms. The van der Waals surface area contributed by atoms with Gasteiger partial charge < -0.3 is 9.80 Å². The van der Waals surface area contributed by atoms with Gasteiger partial charge in [-0.15, -0.1) is 11.8 Å². The number of rotatable bonds is 9. The first kappa shape index (κ1) is 22.3. The number of piperidine rings is 1. The van der Waals surface area contributed by atoms with E-state index in [2.05, 4.69) is 9.97 Å². The molecule has 0 radical (unpaired) electrons. The Labute approximate surface area is 183 Å². The lowest BCUT2D eigenvalue weighted by molar-refractivity contribution is -0.130. The molecule has 1 aliphatic heterocycles. The molecule has 0 bridgehead atoms. The second-order valence-electron chi connectivity index (χ2n) is 7.74. The molecule has 1 saturated heterocycles. The van der Waals surface area contributed by atoms with Gasteiger partial charge in [-0.05, 0) is 49.4 Å². The van der Waals surface area contributed by atoms with Gasteiger partial charge >= 0.3 is 0 Å². The maximum atomic E-state index is 12.6. The quantitative estimate of drug-likeness (QED) is 0.576. The second kappa shape index (κ2) is 11.7. The maximum absolute atomic E-state index is 12.6. The molecular weight excluding hydrogens is 396 g/mol. The normalized spacial score (nSPS) is 16.3. The SMILES string of the molecule is CN(CCc1ccccn1)C(=O)CCC1CCCN(C(=O)CSc2ccncc2)C1. The Bertz CT molecular complexity index is 803. The average Bonchev–Trinajstić information content (AvgIpc) is 2.81. The summed E-state index contributed by atoms with van der Waals surface area (Å²) in [5.74, 6) is 1.20. The topological polar surface area (TPSA) is 66.4 Å². The van der Waals surface area contributed by atoms with E-state index in [4.69, 9.17) is 0 Å². The van der Waals surface area contributed by atoms with E-state index in [9.17, 15) is 9.59 Å². The van der Waals surface area contributed by atoms with Gasteiger partial charge in [-0.2, -0.15) is 0 Å². The van der Waals surface area contributed by atoms with Crippen molar-refractivity contribution in [3.8, 4) is 0 Å². The van der Waals surface area contributed by atoms with Crippen molar-refractivity contribution in [2.24, 2.45) is 5.92 Å². The maximum Gasteiger partial charge on any atom is 0.232 e. The number of nitrogens with zero attached hydrogens (tertiary/aromatic N) is 4. The van der Waals surface area contributed by atoms with E-state index in [-0.39, 0.29) is 11.8 Å². The van der Waals surface area contributed by atoms with Crippen molar-refractivity contribution in [1.82, 2.24) is 19.8 Å². The fourth-order valence-electron chi connectivity index (χ4n) is 3.67. The zero-order valence-electron chi connectivity index (χ0n) is 17.6. The van der Waals surface area contributed by atoms with Crippen LogP contribution in [0.4, 0.5) is 0 Å². The second-order valence-corrected chi connectivity index (χ2v) is 8.79. The molecule has 1 unspecified atom stereocenters. The molecule has 3 rings (SSSR count). The summed E-state index contributed by atoms with van der Waals surface area (Å²) in [7, 11) is 1.86. The van der Waals surface area contributed by atoms with E-state index in [1.165, 1.54) is 0 Å². The summed E-state index contributed by atoms with van der Waals surface area (Å²) in [5.41, 5.74) is 1.00. The zero-order chi connectivity index (χ0) is 21.2. The molecular formula is C23H30N4O2S. The average molecular weight is 427 g/mol. The molecule has 7 heteroatoms. The fraction of sp³-hybridized carbons (Fsp3) is 0.478. The van der Waals surface area contributed by atoms with Crippen molar-refractivity contribution in [3.63, 3.8) is 0 Å². The van der Waals surface area contributed by atoms with Gasteiger partial charge in [-0.25, -0.2) is 0 Å². The number of amides is 2. The number of carbonyl (C=O) groups is 2. The minimum Gasteiger partial charge on any atom is -0.345 e. The molecule has 2 amide bonds. The Kier molecular flexibility index (Phi) is 8.68. The van der Waals surface area contributed by atoms with Crippen LogP contribution in [0.5, 0.6) is 0 Å². The first-order valence-electron chi connectivity index (χ1n) is 10.6. The molecule has 0 aromatic carbocycles. The van der Waals surface area contributed by atoms with Gasteiger partial charge in [-0.1, -0.05) is 6.07 Å². The molecule has 3 heterocycles. The van der Waals surface area contributed by atoms with Gasteiger partial charge in [-0.3, -0.25) is 19.6 Å². The van der Waals surface area contributed by atoms with Crippen LogP contribution in [0.3, 0.4) is 0 Å². The molecule has 2 aromatic heterocycles. The molecule has 1 fully saturated rings. The van der Waals surface area contributed by atoms with Crippen LogP contribution in [0.1, 0.15) is 31.4 Å². The lowest BCUT2D eigenvalue weighted by Crippen LogP contribution is -2.41. The number of likely N-dealkylation sites (tertiary alicyclic amines) is 1. The van der Waals surface area contributed by atoms with Crippen LogP contribution in [0.2, 0.25) is 0 Å². The van der Waals surface area contributed by atoms with Gasteiger partial charge in [0.2, 0.25) is 11.8 Å². The number of pyridine rings is 2. The summed E-state index contributed by atoms with van der Waals surface area (Å²) in [6.07, 6.45) is 9.52. The van der Waals surface area contributed by atoms with Crippen LogP contribution >= 0.6 is 11.8 Å². The molecule has 2 aromatic rings. The van der Waals surface area contributed by atoms with E-state index in [1.807, 2.05) is 42.3 Å². The first-order chi connectivity index (χ1) is 14.6. The van der Waals surface area contributed by atoms with Gasteiger partial charge in [0, 0.05) is 68.7 Å². The van der Waals surface area contributed by atoms with Gasteiger partial charge in [0.05, 0.1) is 5.75 Å². The lowest BCUT2D eigenvalue weighted by Gasteiger charge is -2.33. The summed E-state index contributed by atoms with van der Waals surface area (Å²) >= 11 is 1.55. The third-order valence-electron chi connectivity index (χ3n) is 5.51. The minimum absolute atomic E-state index is 0.169. The van der Waals surface area contributed by atoms with Gasteiger partial charge in [0.25, 0.3) is 0 Å². The Hall–Kier alpha value is -2.41. The highest BCUT2D eigenvalue weighted by Gasteiger charge is 2.24. The smallest absolute Gasteiger partial charge is 0.232 e. The van der Waals surface area contributed by atoms with Gasteiger partial charge in [0.1, 0.15) is 0 Å². The number of hydrogen-bond acceptors (Lipinski definition) is 5. The van der Waals surface area contributed by atoms with E-state index in [1.54, 1.807) is 35.3 Å². The molecule has 0 aliphatic carbocycles. The Morgan fingerprint density at radius 2 is 2.03 bits per heavy atom. The molecule has 0 saturated carbocycles. The van der Waals surface area contributed by atoms with Crippen molar-refractivity contribution in [3.05, 3.63) is 54.6 Å². The number of thioether (sulfide) groups is 1. The van der Waals surface area contributed by atoms with Gasteiger partial charge in [0.15, 0.2) is 0 Å². The van der Waals surface area contributed by atoms with Crippen LogP contribution in [0.25, 0.3) is 0 Å². The molecule has 1 atom stereocenters. The van der Waals surface area contributed by atoms with Crippen molar-refractivity contribution >= 4 is 23.6 Å². The van der Waals surface area contributed by atoms with Crippen LogP contribution in [0, 0.1) is 5.92 Å². The van der Waals surface area contributed by atoms with E-state index < -0.39 is 0 Å². The lowest BCUT2D eigenvalue weighted by atomic mass is 9.93. The number of aromatic nitrogens is 2. The largest absolute Gasteiger partial charge is 0.345 e. The van der Waals surface area contributed by atoms with Crippen LogP contribution in [-0.2, 0) is 16.0 Å². The summed E-state index contributed by atoms with van der Waals surface area (Å²) in [6, 6.07) is 9.70. The standard InChI is InChI=1S/C23H30N4O2S/c1-26(16-11-20-6-2-3-12-25-20)22(28)8-7-19-5-4-15-27(17-19)23(29)18-30-21-9-13-24-14-10-21/h2-3,6,9-10,12-14,19H,4-5,7-8,11,15-18H2,1H3. The van der Waals surface area contributed by atoms with Crippen molar-refractivity contribution < 1.29 is 9.59 Å². The highest BCUT2D eigenvalue weighted by atomic mass is 32.2. The van der Waals surface area contributed by atoms with Crippen LogP contribution in [-0.4, -0.2) is 64.0 Å². The van der Waals surface area contributed by atoms with Crippen molar-refractivity contribution in [2.75, 3.05) is 32.4 Å². The Morgan fingerprint density at radius 1 is 1.20 bits per heavy atom. The van der Waals surface area contributed by atoms with Crippen LogP contribution in [0.15, 0.2) is 53.8 Å². The minimum atomic E-state index is 0.169. The van der Waals surface area contributed by atoms with Crippen molar-refractivity contribution in [1.29, 1.82) is 0 Å². The summed E-state index contributed by atoms with van der Waals surface area (Å²) in [4.78, 5) is 38.2. The first-order valence-corrected chi connectivity index (χ1v) is 11.5. The number of likely N-dealkylation sites (N-methyl/N-ethyl adjacent to an activating group) is 1. The molecule has 0 N–H and O–H groups in total. The van der Waals surface area contributed by atoms with Crippen LogP contribution < -0.4 is 0 Å². The summed E-state index contributed by atoms with van der Waals surface area (Å²) in [5, 5.41) is 0. The fourth-order valence-corrected chi connectivity index (χ4v) is 4.46. The third kappa shape index (κ3) is 7.13. The monoisotopic (exact) mass is 426 g/mol. The predicted octanol–water partition coefficient (Wildman–Crippen LogP) is 3.29. The number of hydrogen-bond donors (Lipinski definition) is 0. The molecule has 160 valence electrons. The predicted molar refractivity (Wildman–Crippen MR) is 119 cm³/mol. The summed E-state index contributed by atoms with van der Waals surface area (Å²) < 4.78 is 0. The molecule has 30 heavy (non-hydrogen) atoms.